The normalized spacial score (nSPS) is 14.3. The first-order chi connectivity index (χ1) is 8.47. The largest absolute Gasteiger partial charge is 0.478 e. The standard InChI is InChI=1S/C14H17NO3/c1-9-5-12(14(17)18)7-13(6-9)15(10(2)16)8-11-3-4-11/h5-7,11H,3-4,8H2,1-2H3,(H,17,18). The number of carboxylic acids is 1. The highest BCUT2D eigenvalue weighted by Gasteiger charge is 2.26. The van der Waals surface area contributed by atoms with Gasteiger partial charge in [-0.3, -0.25) is 4.79 Å². The van der Waals surface area contributed by atoms with Crippen molar-refractivity contribution >= 4 is 17.6 Å². The molecular formula is C14H17NO3. The Balaban J connectivity index is 2.33. The molecule has 1 amide bonds. The van der Waals surface area contributed by atoms with Crippen molar-refractivity contribution in [3.8, 4) is 0 Å². The topological polar surface area (TPSA) is 57.6 Å². The molecule has 0 saturated heterocycles. The Morgan fingerprint density at radius 1 is 1.33 bits per heavy atom. The number of amides is 1. The van der Waals surface area contributed by atoms with Crippen molar-refractivity contribution < 1.29 is 14.7 Å². The molecule has 1 aromatic carbocycles. The summed E-state index contributed by atoms with van der Waals surface area (Å²) in [5.74, 6) is -0.429. The van der Waals surface area contributed by atoms with Crippen LogP contribution < -0.4 is 4.90 Å². The molecule has 0 radical (unpaired) electrons. The van der Waals surface area contributed by atoms with Crippen molar-refractivity contribution in [2.24, 2.45) is 5.92 Å². The van der Waals surface area contributed by atoms with Gasteiger partial charge in [-0.1, -0.05) is 0 Å². The Kier molecular flexibility index (Phi) is 3.36. The first-order valence-corrected chi connectivity index (χ1v) is 6.10. The minimum Gasteiger partial charge on any atom is -0.478 e. The Hall–Kier alpha value is -1.84. The van der Waals surface area contributed by atoms with Gasteiger partial charge < -0.3 is 10.0 Å². The summed E-state index contributed by atoms with van der Waals surface area (Å²) in [5.41, 5.74) is 1.77. The van der Waals surface area contributed by atoms with Crippen LogP contribution in [0.1, 0.15) is 35.7 Å². The maximum Gasteiger partial charge on any atom is 0.335 e. The second-order valence-corrected chi connectivity index (χ2v) is 4.94. The number of benzene rings is 1. The summed E-state index contributed by atoms with van der Waals surface area (Å²) in [6, 6.07) is 5.04. The summed E-state index contributed by atoms with van der Waals surface area (Å²) in [6.45, 7) is 4.05. The fourth-order valence-electron chi connectivity index (χ4n) is 2.02. The van der Waals surface area contributed by atoms with Gasteiger partial charge in [0, 0.05) is 19.2 Å². The molecule has 1 N–H and O–H groups in total. The zero-order chi connectivity index (χ0) is 13.3. The molecule has 0 atom stereocenters. The smallest absolute Gasteiger partial charge is 0.335 e. The van der Waals surface area contributed by atoms with E-state index >= 15 is 0 Å². The van der Waals surface area contributed by atoms with E-state index in [1.54, 1.807) is 17.0 Å². The highest BCUT2D eigenvalue weighted by molar-refractivity contribution is 5.94. The number of aromatic carboxylic acids is 1. The van der Waals surface area contributed by atoms with Crippen molar-refractivity contribution in [1.29, 1.82) is 0 Å². The number of carbonyl (C=O) groups excluding carboxylic acids is 1. The third-order valence-electron chi connectivity index (χ3n) is 3.14. The molecule has 2 rings (SSSR count). The number of carboxylic acid groups (broad SMARTS) is 1. The first-order valence-electron chi connectivity index (χ1n) is 6.10. The molecule has 4 heteroatoms. The molecule has 1 saturated carbocycles. The van der Waals surface area contributed by atoms with Gasteiger partial charge in [-0.2, -0.15) is 0 Å². The van der Waals surface area contributed by atoms with E-state index in [1.165, 1.54) is 6.92 Å². The molecule has 0 heterocycles. The summed E-state index contributed by atoms with van der Waals surface area (Å²) < 4.78 is 0. The zero-order valence-corrected chi connectivity index (χ0v) is 10.6. The van der Waals surface area contributed by atoms with Crippen LogP contribution in [0.2, 0.25) is 0 Å². The van der Waals surface area contributed by atoms with Gasteiger partial charge in [-0.05, 0) is 49.4 Å². The summed E-state index contributed by atoms with van der Waals surface area (Å²) in [7, 11) is 0. The number of nitrogens with zero attached hydrogens (tertiary/aromatic N) is 1. The molecule has 1 aliphatic rings. The second kappa shape index (κ2) is 4.80. The van der Waals surface area contributed by atoms with Crippen LogP contribution in [0.4, 0.5) is 5.69 Å². The van der Waals surface area contributed by atoms with Crippen molar-refractivity contribution in [3.63, 3.8) is 0 Å². The van der Waals surface area contributed by atoms with Crippen molar-refractivity contribution in [2.75, 3.05) is 11.4 Å². The van der Waals surface area contributed by atoms with Crippen molar-refractivity contribution in [1.82, 2.24) is 0 Å². The lowest BCUT2D eigenvalue weighted by Crippen LogP contribution is -2.30. The van der Waals surface area contributed by atoms with Gasteiger partial charge in [0.15, 0.2) is 0 Å². The van der Waals surface area contributed by atoms with E-state index in [-0.39, 0.29) is 11.5 Å². The second-order valence-electron chi connectivity index (χ2n) is 4.94. The van der Waals surface area contributed by atoms with Gasteiger partial charge in [0.2, 0.25) is 5.91 Å². The maximum absolute atomic E-state index is 11.7. The molecule has 96 valence electrons. The number of hydrogen-bond donors (Lipinski definition) is 1. The Morgan fingerprint density at radius 3 is 2.50 bits per heavy atom. The predicted octanol–water partition coefficient (Wildman–Crippen LogP) is 2.46. The van der Waals surface area contributed by atoms with E-state index < -0.39 is 5.97 Å². The predicted molar refractivity (Wildman–Crippen MR) is 68.9 cm³/mol. The van der Waals surface area contributed by atoms with E-state index in [0.717, 1.165) is 18.4 Å². The van der Waals surface area contributed by atoms with Gasteiger partial charge in [0.1, 0.15) is 0 Å². The molecule has 1 fully saturated rings. The van der Waals surface area contributed by atoms with E-state index in [4.69, 9.17) is 5.11 Å². The number of hydrogen-bond acceptors (Lipinski definition) is 2. The molecule has 0 spiro atoms. The average molecular weight is 247 g/mol. The third-order valence-corrected chi connectivity index (χ3v) is 3.14. The van der Waals surface area contributed by atoms with Gasteiger partial charge in [0.05, 0.1) is 5.56 Å². The van der Waals surface area contributed by atoms with Gasteiger partial charge >= 0.3 is 5.97 Å². The van der Waals surface area contributed by atoms with Crippen LogP contribution in [0, 0.1) is 12.8 Å². The van der Waals surface area contributed by atoms with Gasteiger partial charge in [0.25, 0.3) is 0 Å². The molecule has 0 unspecified atom stereocenters. The Labute approximate surface area is 106 Å². The number of aryl methyl sites for hydroxylation is 1. The molecule has 0 bridgehead atoms. The summed E-state index contributed by atoms with van der Waals surface area (Å²) in [6.07, 6.45) is 2.31. The minimum absolute atomic E-state index is 0.0381. The molecule has 18 heavy (non-hydrogen) atoms. The number of carbonyl (C=O) groups is 2. The minimum atomic E-state index is -0.963. The Morgan fingerprint density at radius 2 is 2.00 bits per heavy atom. The van der Waals surface area contributed by atoms with Gasteiger partial charge in [-0.15, -0.1) is 0 Å². The summed E-state index contributed by atoms with van der Waals surface area (Å²) >= 11 is 0. The van der Waals surface area contributed by atoms with Crippen LogP contribution in [0.3, 0.4) is 0 Å². The van der Waals surface area contributed by atoms with E-state index in [0.29, 0.717) is 18.2 Å². The lowest BCUT2D eigenvalue weighted by atomic mass is 10.1. The zero-order valence-electron chi connectivity index (χ0n) is 10.6. The van der Waals surface area contributed by atoms with E-state index in [2.05, 4.69) is 0 Å². The fourth-order valence-corrected chi connectivity index (χ4v) is 2.02. The fraction of sp³-hybridized carbons (Fsp3) is 0.429. The third kappa shape index (κ3) is 2.88. The van der Waals surface area contributed by atoms with Crippen LogP contribution >= 0.6 is 0 Å². The van der Waals surface area contributed by atoms with Crippen LogP contribution in [0.5, 0.6) is 0 Å². The Bertz CT molecular complexity index is 492. The van der Waals surface area contributed by atoms with Crippen molar-refractivity contribution in [3.05, 3.63) is 29.3 Å². The molecule has 1 aromatic rings. The summed E-state index contributed by atoms with van der Waals surface area (Å²) in [5, 5.41) is 9.04. The van der Waals surface area contributed by atoms with Crippen LogP contribution in [0.15, 0.2) is 18.2 Å². The van der Waals surface area contributed by atoms with E-state index in [1.807, 2.05) is 13.0 Å². The molecule has 0 aromatic heterocycles. The lowest BCUT2D eigenvalue weighted by molar-refractivity contribution is -0.116. The van der Waals surface area contributed by atoms with Crippen molar-refractivity contribution in [2.45, 2.75) is 26.7 Å². The highest BCUT2D eigenvalue weighted by Crippen LogP contribution is 2.32. The molecule has 1 aliphatic carbocycles. The SMILES string of the molecule is CC(=O)N(CC1CC1)c1cc(C)cc(C(=O)O)c1. The lowest BCUT2D eigenvalue weighted by Gasteiger charge is -2.22. The quantitative estimate of drug-likeness (QED) is 0.889. The molecule has 4 nitrogen and oxygen atoms in total. The average Bonchev–Trinajstić information content (AvgIpc) is 3.08. The van der Waals surface area contributed by atoms with Crippen LogP contribution in [-0.2, 0) is 4.79 Å². The van der Waals surface area contributed by atoms with Crippen LogP contribution in [0.25, 0.3) is 0 Å². The number of rotatable bonds is 4. The maximum atomic E-state index is 11.7. The highest BCUT2D eigenvalue weighted by atomic mass is 16.4. The summed E-state index contributed by atoms with van der Waals surface area (Å²) in [4.78, 5) is 24.4. The van der Waals surface area contributed by atoms with Gasteiger partial charge in [-0.25, -0.2) is 4.79 Å². The van der Waals surface area contributed by atoms with Crippen LogP contribution in [-0.4, -0.2) is 23.5 Å². The molecule has 0 aliphatic heterocycles. The van der Waals surface area contributed by atoms with E-state index in [9.17, 15) is 9.59 Å². The first kappa shape index (κ1) is 12.6. The monoisotopic (exact) mass is 247 g/mol. The number of anilines is 1. The molecular weight excluding hydrogens is 230 g/mol.